The van der Waals surface area contributed by atoms with Gasteiger partial charge in [-0.2, -0.15) is 4.80 Å². The molecule has 31 heavy (non-hydrogen) atoms. The summed E-state index contributed by atoms with van der Waals surface area (Å²) in [5.41, 5.74) is 3.74. The van der Waals surface area contributed by atoms with Crippen LogP contribution in [0.4, 0.5) is 5.69 Å². The average Bonchev–Trinajstić information content (AvgIpc) is 3.17. The van der Waals surface area contributed by atoms with E-state index < -0.39 is 0 Å². The highest BCUT2D eigenvalue weighted by Crippen LogP contribution is 2.24. The van der Waals surface area contributed by atoms with Gasteiger partial charge < -0.3 is 14.8 Å². The van der Waals surface area contributed by atoms with E-state index in [0.717, 1.165) is 22.5 Å². The molecule has 7 nitrogen and oxygen atoms in total. The van der Waals surface area contributed by atoms with Gasteiger partial charge in [0.05, 0.1) is 17.3 Å². The predicted molar refractivity (Wildman–Crippen MR) is 120 cm³/mol. The second kappa shape index (κ2) is 9.06. The fourth-order valence-corrected chi connectivity index (χ4v) is 3.24. The van der Waals surface area contributed by atoms with Crippen molar-refractivity contribution in [2.24, 2.45) is 0 Å². The summed E-state index contributed by atoms with van der Waals surface area (Å²) in [6, 6.07) is 18.3. The minimum Gasteiger partial charge on any atom is -0.494 e. The number of halogens is 1. The normalized spacial score (nSPS) is 10.8. The number of fused-ring (bicyclic) bond motifs is 1. The van der Waals surface area contributed by atoms with Crippen molar-refractivity contribution in [3.63, 3.8) is 0 Å². The summed E-state index contributed by atoms with van der Waals surface area (Å²) in [6.07, 6.45) is 0. The second-order valence-corrected chi connectivity index (χ2v) is 7.25. The lowest BCUT2D eigenvalue weighted by Gasteiger charge is -2.10. The molecule has 4 aromatic rings. The number of carbonyl (C=O) groups is 1. The Bertz CT molecular complexity index is 1220. The van der Waals surface area contributed by atoms with E-state index in [1.54, 1.807) is 35.1 Å². The molecule has 0 atom stereocenters. The molecule has 3 aromatic carbocycles. The third kappa shape index (κ3) is 4.78. The van der Waals surface area contributed by atoms with Crippen molar-refractivity contribution >= 4 is 34.2 Å². The van der Waals surface area contributed by atoms with Gasteiger partial charge >= 0.3 is 0 Å². The maximum atomic E-state index is 12.4. The molecule has 0 saturated heterocycles. The topological polar surface area (TPSA) is 78.3 Å². The number of anilines is 1. The van der Waals surface area contributed by atoms with Crippen LogP contribution in [0.3, 0.4) is 0 Å². The fraction of sp³-hybridized carbons (Fsp3) is 0.174. The van der Waals surface area contributed by atoms with Crippen LogP contribution in [0.2, 0.25) is 5.02 Å². The molecule has 8 heteroatoms. The molecule has 158 valence electrons. The van der Waals surface area contributed by atoms with Crippen molar-refractivity contribution in [1.29, 1.82) is 0 Å². The molecule has 0 aliphatic heterocycles. The SMILES string of the molecule is CCOc1ccc(-n2nc3cc(C)c(NC(=O)COc4ccccc4Cl)cc3n2)cc1. The van der Waals surface area contributed by atoms with E-state index in [9.17, 15) is 4.79 Å². The average molecular weight is 437 g/mol. The molecule has 0 unspecified atom stereocenters. The summed E-state index contributed by atoms with van der Waals surface area (Å²) in [6.45, 7) is 4.30. The molecule has 1 heterocycles. The number of nitrogens with one attached hydrogen (secondary N) is 1. The number of amides is 1. The number of hydrogen-bond acceptors (Lipinski definition) is 5. The third-order valence-corrected chi connectivity index (χ3v) is 4.89. The summed E-state index contributed by atoms with van der Waals surface area (Å²) in [4.78, 5) is 13.9. The van der Waals surface area contributed by atoms with E-state index in [1.807, 2.05) is 44.2 Å². The molecule has 0 aliphatic rings. The largest absolute Gasteiger partial charge is 0.494 e. The van der Waals surface area contributed by atoms with Gasteiger partial charge in [-0.05, 0) is 67.9 Å². The van der Waals surface area contributed by atoms with Crippen molar-refractivity contribution in [3.05, 3.63) is 71.2 Å². The fourth-order valence-electron chi connectivity index (χ4n) is 3.05. The molecule has 1 amide bonds. The Morgan fingerprint density at radius 3 is 2.45 bits per heavy atom. The lowest BCUT2D eigenvalue weighted by Crippen LogP contribution is -2.20. The van der Waals surface area contributed by atoms with E-state index in [0.29, 0.717) is 28.6 Å². The van der Waals surface area contributed by atoms with Gasteiger partial charge in [-0.3, -0.25) is 4.79 Å². The standard InChI is InChI=1S/C23H21ClN4O3/c1-3-30-17-10-8-16(9-11-17)28-26-20-12-15(2)19(13-21(20)27-28)25-23(29)14-31-22-7-5-4-6-18(22)24/h4-13H,3,14H2,1-2H3,(H,25,29). The van der Waals surface area contributed by atoms with Crippen LogP contribution in [-0.4, -0.2) is 34.1 Å². The first-order chi connectivity index (χ1) is 15.0. The third-order valence-electron chi connectivity index (χ3n) is 4.57. The zero-order valence-electron chi connectivity index (χ0n) is 17.1. The van der Waals surface area contributed by atoms with E-state index in [4.69, 9.17) is 21.1 Å². The van der Waals surface area contributed by atoms with Gasteiger partial charge in [-0.15, -0.1) is 10.2 Å². The number of rotatable bonds is 7. The van der Waals surface area contributed by atoms with E-state index in [2.05, 4.69) is 15.5 Å². The van der Waals surface area contributed by atoms with Gasteiger partial charge in [0.1, 0.15) is 22.5 Å². The molecule has 0 bridgehead atoms. The molecule has 0 aliphatic carbocycles. The first-order valence-electron chi connectivity index (χ1n) is 9.81. The Kier molecular flexibility index (Phi) is 6.04. The van der Waals surface area contributed by atoms with Gasteiger partial charge in [-0.1, -0.05) is 23.7 Å². The molecule has 0 radical (unpaired) electrons. The van der Waals surface area contributed by atoms with Crippen LogP contribution < -0.4 is 14.8 Å². The molecule has 1 N–H and O–H groups in total. The minimum atomic E-state index is -0.290. The molecule has 4 rings (SSSR count). The van der Waals surface area contributed by atoms with Gasteiger partial charge in [0.25, 0.3) is 5.91 Å². The summed E-state index contributed by atoms with van der Waals surface area (Å²) in [5.74, 6) is 0.967. The van der Waals surface area contributed by atoms with Gasteiger partial charge in [-0.25, -0.2) is 0 Å². The summed E-state index contributed by atoms with van der Waals surface area (Å²) < 4.78 is 11.0. The summed E-state index contributed by atoms with van der Waals surface area (Å²) in [5, 5.41) is 12.4. The summed E-state index contributed by atoms with van der Waals surface area (Å²) in [7, 11) is 0. The Balaban J connectivity index is 1.49. The molecule has 0 spiro atoms. The van der Waals surface area contributed by atoms with Crippen molar-refractivity contribution in [1.82, 2.24) is 15.0 Å². The van der Waals surface area contributed by atoms with Crippen LogP contribution in [0.15, 0.2) is 60.7 Å². The van der Waals surface area contributed by atoms with Crippen LogP contribution in [0.25, 0.3) is 16.7 Å². The number of ether oxygens (including phenoxy) is 2. The zero-order valence-corrected chi connectivity index (χ0v) is 17.9. The van der Waals surface area contributed by atoms with E-state index in [-0.39, 0.29) is 12.5 Å². The maximum Gasteiger partial charge on any atom is 0.262 e. The number of aromatic nitrogens is 3. The Hall–Kier alpha value is -3.58. The first-order valence-corrected chi connectivity index (χ1v) is 10.2. The highest BCUT2D eigenvalue weighted by atomic mass is 35.5. The van der Waals surface area contributed by atoms with Crippen molar-refractivity contribution in [2.45, 2.75) is 13.8 Å². The van der Waals surface area contributed by atoms with Crippen LogP contribution in [0.1, 0.15) is 12.5 Å². The first kappa shape index (κ1) is 20.7. The van der Waals surface area contributed by atoms with Crippen LogP contribution in [0.5, 0.6) is 11.5 Å². The van der Waals surface area contributed by atoms with Gasteiger partial charge in [0, 0.05) is 5.69 Å². The number of para-hydroxylation sites is 1. The predicted octanol–water partition coefficient (Wildman–Crippen LogP) is 4.80. The van der Waals surface area contributed by atoms with Crippen LogP contribution >= 0.6 is 11.6 Å². The zero-order chi connectivity index (χ0) is 21.8. The van der Waals surface area contributed by atoms with Crippen LogP contribution in [-0.2, 0) is 4.79 Å². The van der Waals surface area contributed by atoms with Crippen LogP contribution in [0, 0.1) is 6.92 Å². The maximum absolute atomic E-state index is 12.4. The number of aryl methyl sites for hydroxylation is 1. The van der Waals surface area contributed by atoms with Crippen molar-refractivity contribution in [2.75, 3.05) is 18.5 Å². The Morgan fingerprint density at radius 2 is 1.74 bits per heavy atom. The van der Waals surface area contributed by atoms with Gasteiger partial charge in [0.2, 0.25) is 0 Å². The number of carbonyl (C=O) groups excluding carboxylic acids is 1. The smallest absolute Gasteiger partial charge is 0.262 e. The highest BCUT2D eigenvalue weighted by molar-refractivity contribution is 6.32. The van der Waals surface area contributed by atoms with Crippen molar-refractivity contribution < 1.29 is 14.3 Å². The lowest BCUT2D eigenvalue weighted by atomic mass is 10.1. The minimum absolute atomic E-state index is 0.153. The molecule has 0 fully saturated rings. The molecule has 0 saturated carbocycles. The number of nitrogens with zero attached hydrogens (tertiary/aromatic N) is 3. The summed E-state index contributed by atoms with van der Waals surface area (Å²) >= 11 is 6.05. The quantitative estimate of drug-likeness (QED) is 0.450. The monoisotopic (exact) mass is 436 g/mol. The number of benzene rings is 3. The van der Waals surface area contributed by atoms with Crippen molar-refractivity contribution in [3.8, 4) is 17.2 Å². The molecular formula is C23H21ClN4O3. The lowest BCUT2D eigenvalue weighted by molar-refractivity contribution is -0.118. The van der Waals surface area contributed by atoms with E-state index >= 15 is 0 Å². The highest BCUT2D eigenvalue weighted by Gasteiger charge is 2.12. The van der Waals surface area contributed by atoms with E-state index in [1.165, 1.54) is 0 Å². The van der Waals surface area contributed by atoms with Gasteiger partial charge in [0.15, 0.2) is 6.61 Å². The second-order valence-electron chi connectivity index (χ2n) is 6.84. The molecular weight excluding hydrogens is 416 g/mol. The number of hydrogen-bond donors (Lipinski definition) is 1. The Labute approximate surface area is 184 Å². The molecule has 1 aromatic heterocycles. The Morgan fingerprint density at radius 1 is 1.03 bits per heavy atom.